The van der Waals surface area contributed by atoms with Gasteiger partial charge >= 0.3 is 0 Å². The quantitative estimate of drug-likeness (QED) is 0.245. The van der Waals surface area contributed by atoms with E-state index in [0.717, 1.165) is 6.42 Å². The SMILES string of the molecule is CCCO[C@@H]1OC(CO)[C@@H](O[C@@H]2OC(CO)[C@@H](O)[C@H](O)C2NC(C)=O)[C@H](O)C1C. The van der Waals surface area contributed by atoms with E-state index < -0.39 is 80.3 Å². The van der Waals surface area contributed by atoms with Crippen LogP contribution in [0, 0.1) is 5.92 Å². The highest BCUT2D eigenvalue weighted by atomic mass is 16.7. The van der Waals surface area contributed by atoms with Gasteiger partial charge in [-0.05, 0) is 6.42 Å². The number of hydrogen-bond donors (Lipinski definition) is 6. The fourth-order valence-electron chi connectivity index (χ4n) is 3.54. The van der Waals surface area contributed by atoms with E-state index in [1.165, 1.54) is 6.92 Å². The molecule has 0 bridgehead atoms. The summed E-state index contributed by atoms with van der Waals surface area (Å²) < 4.78 is 22.7. The van der Waals surface area contributed by atoms with Gasteiger partial charge in [0.15, 0.2) is 12.6 Å². The van der Waals surface area contributed by atoms with Gasteiger partial charge in [-0.15, -0.1) is 0 Å². The van der Waals surface area contributed by atoms with E-state index in [1.54, 1.807) is 6.92 Å². The Hall–Kier alpha value is -0.890. The molecule has 6 N–H and O–H groups in total. The predicted molar refractivity (Wildman–Crippen MR) is 97.4 cm³/mol. The lowest BCUT2D eigenvalue weighted by atomic mass is 9.91. The minimum Gasteiger partial charge on any atom is -0.394 e. The average Bonchev–Trinajstić information content (AvgIpc) is 2.69. The highest BCUT2D eigenvalue weighted by Crippen LogP contribution is 2.32. The number of hydrogen-bond acceptors (Lipinski definition) is 10. The van der Waals surface area contributed by atoms with Gasteiger partial charge in [-0.1, -0.05) is 13.8 Å². The van der Waals surface area contributed by atoms with E-state index in [1.807, 2.05) is 6.92 Å². The van der Waals surface area contributed by atoms with E-state index >= 15 is 0 Å². The molecule has 0 spiro atoms. The molecule has 0 saturated carbocycles. The molecule has 11 heteroatoms. The third-order valence-corrected chi connectivity index (χ3v) is 5.19. The monoisotopic (exact) mass is 423 g/mol. The summed E-state index contributed by atoms with van der Waals surface area (Å²) in [5, 5.41) is 52.8. The standard InChI is InChI=1S/C18H33NO10/c1-4-5-26-17-8(2)13(23)16(11(7-21)28-17)29-18-12(19-9(3)22)15(25)14(24)10(6-20)27-18/h8,10-18,20-21,23-25H,4-7H2,1-3H3,(H,19,22)/t8?,10?,11?,12?,13-,14-,15-,16-,17-,18+/m1/s1. The van der Waals surface area contributed by atoms with Gasteiger partial charge in [0.05, 0.1) is 19.3 Å². The summed E-state index contributed by atoms with van der Waals surface area (Å²) in [5.74, 6) is -0.997. The minimum absolute atomic E-state index is 0.421. The number of aliphatic hydroxyl groups is 5. The molecule has 2 heterocycles. The summed E-state index contributed by atoms with van der Waals surface area (Å²) in [5.41, 5.74) is 0. The van der Waals surface area contributed by atoms with Crippen LogP contribution in [0.4, 0.5) is 0 Å². The fraction of sp³-hybridized carbons (Fsp3) is 0.944. The maximum absolute atomic E-state index is 11.5. The molecule has 10 atom stereocenters. The molecular formula is C18H33NO10. The van der Waals surface area contributed by atoms with Crippen LogP contribution in [-0.2, 0) is 23.7 Å². The molecule has 170 valence electrons. The maximum atomic E-state index is 11.5. The molecule has 0 aliphatic carbocycles. The zero-order valence-electron chi connectivity index (χ0n) is 16.9. The number of rotatable bonds is 8. The lowest BCUT2D eigenvalue weighted by molar-refractivity contribution is -0.338. The van der Waals surface area contributed by atoms with Gasteiger partial charge in [0.2, 0.25) is 5.91 Å². The molecule has 4 unspecified atom stereocenters. The van der Waals surface area contributed by atoms with Crippen LogP contribution >= 0.6 is 0 Å². The van der Waals surface area contributed by atoms with Crippen LogP contribution in [0.3, 0.4) is 0 Å². The summed E-state index contributed by atoms with van der Waals surface area (Å²) in [6.45, 7) is 4.20. The lowest BCUT2D eigenvalue weighted by Crippen LogP contribution is -2.67. The summed E-state index contributed by atoms with van der Waals surface area (Å²) in [6.07, 6.45) is -8.53. The summed E-state index contributed by atoms with van der Waals surface area (Å²) in [4.78, 5) is 11.5. The van der Waals surface area contributed by atoms with Crippen molar-refractivity contribution in [3.8, 4) is 0 Å². The molecule has 2 fully saturated rings. The number of aliphatic hydroxyl groups excluding tert-OH is 5. The Morgan fingerprint density at radius 1 is 1.00 bits per heavy atom. The normalized spacial score (nSPS) is 43.2. The first-order chi connectivity index (χ1) is 13.7. The number of carbonyl (C=O) groups is 1. The van der Waals surface area contributed by atoms with E-state index in [9.17, 15) is 30.3 Å². The molecule has 0 aromatic carbocycles. The molecule has 0 aromatic rings. The Morgan fingerprint density at radius 2 is 1.62 bits per heavy atom. The molecule has 2 saturated heterocycles. The molecule has 1 amide bonds. The zero-order chi connectivity index (χ0) is 21.7. The highest BCUT2D eigenvalue weighted by molar-refractivity contribution is 5.73. The van der Waals surface area contributed by atoms with Crippen LogP contribution in [0.5, 0.6) is 0 Å². The van der Waals surface area contributed by atoms with Gasteiger partial charge in [-0.3, -0.25) is 4.79 Å². The Morgan fingerprint density at radius 3 is 2.17 bits per heavy atom. The third-order valence-electron chi connectivity index (χ3n) is 5.19. The molecule has 2 aliphatic heterocycles. The third kappa shape index (κ3) is 5.63. The van der Waals surface area contributed by atoms with Gasteiger partial charge in [0.25, 0.3) is 0 Å². The molecule has 29 heavy (non-hydrogen) atoms. The molecule has 0 radical (unpaired) electrons. The molecular weight excluding hydrogens is 390 g/mol. The Kier molecular flexibility index (Phi) is 9.19. The van der Waals surface area contributed by atoms with Crippen molar-refractivity contribution < 1.29 is 49.3 Å². The maximum Gasteiger partial charge on any atom is 0.217 e. The number of amides is 1. The number of carbonyl (C=O) groups excluding carboxylic acids is 1. The van der Waals surface area contributed by atoms with Gasteiger partial charge in [0.1, 0.15) is 36.6 Å². The van der Waals surface area contributed by atoms with E-state index in [0.29, 0.717) is 6.61 Å². The first-order valence-electron chi connectivity index (χ1n) is 9.86. The van der Waals surface area contributed by atoms with Crippen molar-refractivity contribution in [2.45, 2.75) is 82.4 Å². The van der Waals surface area contributed by atoms with Gasteiger partial charge in [-0.2, -0.15) is 0 Å². The van der Waals surface area contributed by atoms with Crippen molar-refractivity contribution in [2.75, 3.05) is 19.8 Å². The van der Waals surface area contributed by atoms with Gasteiger partial charge < -0.3 is 49.8 Å². The number of nitrogens with one attached hydrogen (secondary N) is 1. The van der Waals surface area contributed by atoms with Gasteiger partial charge in [0, 0.05) is 19.4 Å². The van der Waals surface area contributed by atoms with Crippen LogP contribution in [0.15, 0.2) is 0 Å². The van der Waals surface area contributed by atoms with Crippen LogP contribution in [0.25, 0.3) is 0 Å². The van der Waals surface area contributed by atoms with Gasteiger partial charge in [-0.25, -0.2) is 0 Å². The molecule has 2 rings (SSSR count). The zero-order valence-corrected chi connectivity index (χ0v) is 16.9. The van der Waals surface area contributed by atoms with Crippen molar-refractivity contribution in [3.05, 3.63) is 0 Å². The smallest absolute Gasteiger partial charge is 0.217 e. The van der Waals surface area contributed by atoms with E-state index in [2.05, 4.69) is 5.32 Å². The van der Waals surface area contributed by atoms with Crippen LogP contribution < -0.4 is 5.32 Å². The minimum atomic E-state index is -1.48. The lowest BCUT2D eigenvalue weighted by Gasteiger charge is -2.47. The molecule has 2 aliphatic rings. The molecule has 11 nitrogen and oxygen atoms in total. The summed E-state index contributed by atoms with van der Waals surface area (Å²) >= 11 is 0. The summed E-state index contributed by atoms with van der Waals surface area (Å²) in [7, 11) is 0. The largest absolute Gasteiger partial charge is 0.394 e. The topological polar surface area (TPSA) is 167 Å². The van der Waals surface area contributed by atoms with Crippen LogP contribution in [0.2, 0.25) is 0 Å². The van der Waals surface area contributed by atoms with Crippen molar-refractivity contribution >= 4 is 5.91 Å². The fourth-order valence-corrected chi connectivity index (χ4v) is 3.54. The Bertz CT molecular complexity index is 521. The summed E-state index contributed by atoms with van der Waals surface area (Å²) in [6, 6.07) is -1.17. The van der Waals surface area contributed by atoms with Crippen molar-refractivity contribution in [1.29, 1.82) is 0 Å². The average molecular weight is 423 g/mol. The molecule has 0 aromatic heterocycles. The second kappa shape index (κ2) is 10.9. The highest BCUT2D eigenvalue weighted by Gasteiger charge is 2.50. The second-order valence-corrected chi connectivity index (χ2v) is 7.48. The first-order valence-corrected chi connectivity index (χ1v) is 9.86. The van der Waals surface area contributed by atoms with E-state index in [4.69, 9.17) is 18.9 Å². The van der Waals surface area contributed by atoms with Crippen molar-refractivity contribution in [1.82, 2.24) is 5.32 Å². The number of ether oxygens (including phenoxy) is 4. The first kappa shape index (κ1) is 24.4. The van der Waals surface area contributed by atoms with Crippen LogP contribution in [-0.4, -0.2) is 107 Å². The van der Waals surface area contributed by atoms with Crippen molar-refractivity contribution in [2.24, 2.45) is 5.92 Å². The Balaban J connectivity index is 2.19. The van der Waals surface area contributed by atoms with Crippen molar-refractivity contribution in [3.63, 3.8) is 0 Å². The Labute approximate surface area is 169 Å². The second-order valence-electron chi connectivity index (χ2n) is 7.48. The van der Waals surface area contributed by atoms with Crippen LogP contribution in [0.1, 0.15) is 27.2 Å². The predicted octanol–water partition coefficient (Wildman–Crippen LogP) is -2.54. The van der Waals surface area contributed by atoms with E-state index in [-0.39, 0.29) is 0 Å².